The number of ether oxygens (including phenoxy) is 2. The van der Waals surface area contributed by atoms with Crippen LogP contribution < -0.4 is 14.8 Å². The first-order valence-electron chi connectivity index (χ1n) is 6.43. The first kappa shape index (κ1) is 14.8. The second-order valence-electron chi connectivity index (χ2n) is 4.63. The summed E-state index contributed by atoms with van der Waals surface area (Å²) in [6.45, 7) is 7.30. The van der Waals surface area contributed by atoms with Gasteiger partial charge in [-0.3, -0.25) is 0 Å². The summed E-state index contributed by atoms with van der Waals surface area (Å²) in [5.74, 6) is 2.01. The molecule has 0 amide bonds. The van der Waals surface area contributed by atoms with E-state index in [1.54, 1.807) is 14.2 Å². The molecule has 1 N–H and O–H groups in total. The molecular formula is C15H25NO2. The number of rotatable bonds is 6. The average Bonchev–Trinajstić information content (AvgIpc) is 2.36. The third-order valence-corrected chi connectivity index (χ3v) is 3.57. The maximum absolute atomic E-state index is 5.59. The van der Waals surface area contributed by atoms with Crippen LogP contribution in [0.25, 0.3) is 0 Å². The standard InChI is InChI=1S/C15H25NO2/c1-10-11(2)15(18-6)13(8-7-9-16-4)12(3)14(10)17-5/h16H,7-9H2,1-6H3. The van der Waals surface area contributed by atoms with Crippen LogP contribution in [-0.4, -0.2) is 27.8 Å². The van der Waals surface area contributed by atoms with Crippen molar-refractivity contribution in [3.8, 4) is 11.5 Å². The highest BCUT2D eigenvalue weighted by molar-refractivity contribution is 5.58. The summed E-state index contributed by atoms with van der Waals surface area (Å²) in [7, 11) is 5.46. The van der Waals surface area contributed by atoms with Crippen LogP contribution in [0.3, 0.4) is 0 Å². The Bertz CT molecular complexity index is 414. The van der Waals surface area contributed by atoms with Crippen LogP contribution in [0, 0.1) is 20.8 Å². The number of nitrogens with one attached hydrogen (secondary N) is 1. The van der Waals surface area contributed by atoms with E-state index in [1.807, 2.05) is 7.05 Å². The molecule has 1 aromatic carbocycles. The number of hydrogen-bond acceptors (Lipinski definition) is 3. The van der Waals surface area contributed by atoms with Gasteiger partial charge in [-0.2, -0.15) is 0 Å². The van der Waals surface area contributed by atoms with Crippen LogP contribution in [0.2, 0.25) is 0 Å². The quantitative estimate of drug-likeness (QED) is 0.789. The predicted octanol–water partition coefficient (Wildman–Crippen LogP) is 2.78. The van der Waals surface area contributed by atoms with Crippen LogP contribution in [0.1, 0.15) is 28.7 Å². The molecule has 102 valence electrons. The molecule has 0 saturated carbocycles. The van der Waals surface area contributed by atoms with E-state index >= 15 is 0 Å². The van der Waals surface area contributed by atoms with Gasteiger partial charge in [0.25, 0.3) is 0 Å². The van der Waals surface area contributed by atoms with Crippen LogP contribution in [-0.2, 0) is 6.42 Å². The minimum Gasteiger partial charge on any atom is -0.496 e. The van der Waals surface area contributed by atoms with Crippen molar-refractivity contribution in [2.24, 2.45) is 0 Å². The van der Waals surface area contributed by atoms with Crippen LogP contribution in [0.4, 0.5) is 0 Å². The summed E-state index contributed by atoms with van der Waals surface area (Å²) < 4.78 is 11.1. The van der Waals surface area contributed by atoms with E-state index in [4.69, 9.17) is 9.47 Å². The van der Waals surface area contributed by atoms with Crippen molar-refractivity contribution in [2.45, 2.75) is 33.6 Å². The zero-order valence-electron chi connectivity index (χ0n) is 12.4. The van der Waals surface area contributed by atoms with E-state index in [0.717, 1.165) is 30.9 Å². The van der Waals surface area contributed by atoms with E-state index in [1.165, 1.54) is 22.3 Å². The Kier molecular flexibility index (Phi) is 5.48. The molecular weight excluding hydrogens is 226 g/mol. The molecule has 1 aromatic rings. The lowest BCUT2D eigenvalue weighted by Gasteiger charge is -2.20. The van der Waals surface area contributed by atoms with E-state index in [0.29, 0.717) is 0 Å². The Morgan fingerprint density at radius 3 is 1.94 bits per heavy atom. The summed E-state index contributed by atoms with van der Waals surface area (Å²) in [4.78, 5) is 0. The monoisotopic (exact) mass is 251 g/mol. The lowest BCUT2D eigenvalue weighted by Crippen LogP contribution is -2.10. The zero-order valence-corrected chi connectivity index (χ0v) is 12.4. The summed E-state index contributed by atoms with van der Waals surface area (Å²) in [6.07, 6.45) is 2.10. The first-order chi connectivity index (χ1) is 8.58. The normalized spacial score (nSPS) is 10.6. The van der Waals surface area contributed by atoms with Gasteiger partial charge in [-0.1, -0.05) is 0 Å². The fourth-order valence-electron chi connectivity index (χ4n) is 2.48. The Morgan fingerprint density at radius 1 is 0.889 bits per heavy atom. The van der Waals surface area contributed by atoms with Gasteiger partial charge in [0.1, 0.15) is 11.5 Å². The van der Waals surface area contributed by atoms with Gasteiger partial charge in [0.05, 0.1) is 14.2 Å². The van der Waals surface area contributed by atoms with E-state index in [9.17, 15) is 0 Å². The Balaban J connectivity index is 3.24. The molecule has 0 radical (unpaired) electrons. The molecule has 18 heavy (non-hydrogen) atoms. The number of hydrogen-bond donors (Lipinski definition) is 1. The minimum atomic E-state index is 0.993. The maximum atomic E-state index is 5.59. The highest BCUT2D eigenvalue weighted by atomic mass is 16.5. The van der Waals surface area contributed by atoms with Gasteiger partial charge in [0.2, 0.25) is 0 Å². The number of benzene rings is 1. The molecule has 1 rings (SSSR count). The highest BCUT2D eigenvalue weighted by Crippen LogP contribution is 2.38. The average molecular weight is 251 g/mol. The predicted molar refractivity (Wildman–Crippen MR) is 76.0 cm³/mol. The van der Waals surface area contributed by atoms with Crippen LogP contribution >= 0.6 is 0 Å². The molecule has 3 heteroatoms. The topological polar surface area (TPSA) is 30.5 Å². The summed E-state index contributed by atoms with van der Waals surface area (Å²) >= 11 is 0. The van der Waals surface area contributed by atoms with Crippen molar-refractivity contribution in [1.82, 2.24) is 5.32 Å². The fourth-order valence-corrected chi connectivity index (χ4v) is 2.48. The SMILES string of the molecule is CNCCCc1c(C)c(OC)c(C)c(C)c1OC. The Morgan fingerprint density at radius 2 is 1.44 bits per heavy atom. The van der Waals surface area contributed by atoms with Crippen LogP contribution in [0.5, 0.6) is 11.5 Å². The van der Waals surface area contributed by atoms with Gasteiger partial charge < -0.3 is 14.8 Å². The third kappa shape index (κ3) is 2.78. The van der Waals surface area contributed by atoms with Gasteiger partial charge in [-0.15, -0.1) is 0 Å². The van der Waals surface area contributed by atoms with Gasteiger partial charge in [0.15, 0.2) is 0 Å². The van der Waals surface area contributed by atoms with Gasteiger partial charge >= 0.3 is 0 Å². The lowest BCUT2D eigenvalue weighted by atomic mass is 9.94. The molecule has 3 nitrogen and oxygen atoms in total. The van der Waals surface area contributed by atoms with Crippen molar-refractivity contribution in [3.05, 3.63) is 22.3 Å². The third-order valence-electron chi connectivity index (χ3n) is 3.57. The molecule has 0 heterocycles. The smallest absolute Gasteiger partial charge is 0.125 e. The molecule has 0 aliphatic heterocycles. The maximum Gasteiger partial charge on any atom is 0.125 e. The molecule has 0 fully saturated rings. The Labute approximate surface area is 110 Å². The van der Waals surface area contributed by atoms with Crippen molar-refractivity contribution >= 4 is 0 Å². The van der Waals surface area contributed by atoms with Crippen molar-refractivity contribution in [1.29, 1.82) is 0 Å². The molecule has 0 aromatic heterocycles. The Hall–Kier alpha value is -1.22. The molecule has 0 unspecified atom stereocenters. The zero-order chi connectivity index (χ0) is 13.7. The second kappa shape index (κ2) is 6.64. The lowest BCUT2D eigenvalue weighted by molar-refractivity contribution is 0.390. The number of methoxy groups -OCH3 is 2. The van der Waals surface area contributed by atoms with Crippen molar-refractivity contribution < 1.29 is 9.47 Å². The largest absolute Gasteiger partial charge is 0.496 e. The minimum absolute atomic E-state index is 0.993. The summed E-state index contributed by atoms with van der Waals surface area (Å²) in [5, 5.41) is 3.18. The molecule has 0 bridgehead atoms. The van der Waals surface area contributed by atoms with Crippen molar-refractivity contribution in [2.75, 3.05) is 27.8 Å². The molecule has 0 spiro atoms. The van der Waals surface area contributed by atoms with E-state index < -0.39 is 0 Å². The highest BCUT2D eigenvalue weighted by Gasteiger charge is 2.17. The second-order valence-corrected chi connectivity index (χ2v) is 4.63. The fraction of sp³-hybridized carbons (Fsp3) is 0.600. The molecule has 0 aliphatic rings. The molecule has 0 aliphatic carbocycles. The van der Waals surface area contributed by atoms with Crippen molar-refractivity contribution in [3.63, 3.8) is 0 Å². The van der Waals surface area contributed by atoms with Crippen LogP contribution in [0.15, 0.2) is 0 Å². The van der Waals surface area contributed by atoms with Gasteiger partial charge in [-0.05, 0) is 63.9 Å². The molecule has 0 saturated heterocycles. The van der Waals surface area contributed by atoms with E-state index in [-0.39, 0.29) is 0 Å². The van der Waals surface area contributed by atoms with Gasteiger partial charge in [0, 0.05) is 5.56 Å². The molecule has 0 atom stereocenters. The summed E-state index contributed by atoms with van der Waals surface area (Å²) in [5.41, 5.74) is 4.82. The summed E-state index contributed by atoms with van der Waals surface area (Å²) in [6, 6.07) is 0. The van der Waals surface area contributed by atoms with Gasteiger partial charge in [-0.25, -0.2) is 0 Å². The van der Waals surface area contributed by atoms with E-state index in [2.05, 4.69) is 26.1 Å². The first-order valence-corrected chi connectivity index (χ1v) is 6.43.